The molecule has 2 aromatic rings. The lowest BCUT2D eigenvalue weighted by Crippen LogP contribution is -2.15. The van der Waals surface area contributed by atoms with Gasteiger partial charge in [-0.2, -0.15) is 0 Å². The Bertz CT molecular complexity index is 653. The number of ether oxygens (including phenoxy) is 1. The Morgan fingerprint density at radius 2 is 2.06 bits per heavy atom. The van der Waals surface area contributed by atoms with E-state index >= 15 is 0 Å². The molecule has 1 aromatic carbocycles. The Morgan fingerprint density at radius 3 is 2.71 bits per heavy atom. The average Bonchev–Trinajstić information content (AvgIpc) is 2.26. The zero-order valence-electron chi connectivity index (χ0n) is 9.25. The summed E-state index contributed by atoms with van der Waals surface area (Å²) in [6.07, 6.45) is 0. The van der Waals surface area contributed by atoms with Gasteiger partial charge < -0.3 is 4.74 Å². The first kappa shape index (κ1) is 11.8. The Balaban J connectivity index is 2.61. The van der Waals surface area contributed by atoms with Gasteiger partial charge in [0.05, 0.1) is 18.4 Å². The van der Waals surface area contributed by atoms with Gasteiger partial charge in [0.1, 0.15) is 0 Å². The van der Waals surface area contributed by atoms with Gasteiger partial charge in [-0.05, 0) is 12.1 Å². The SMILES string of the molecule is COc1nc2ccccc2cc1CS(N)(=O)=O. The third-order valence-electron chi connectivity index (χ3n) is 2.31. The highest BCUT2D eigenvalue weighted by atomic mass is 32.2. The molecule has 0 amide bonds. The average molecular weight is 252 g/mol. The van der Waals surface area contributed by atoms with Gasteiger partial charge in [0.15, 0.2) is 0 Å². The summed E-state index contributed by atoms with van der Waals surface area (Å²) in [7, 11) is -2.15. The van der Waals surface area contributed by atoms with Crippen LogP contribution in [0.5, 0.6) is 5.88 Å². The molecule has 0 unspecified atom stereocenters. The number of aromatic nitrogens is 1. The van der Waals surface area contributed by atoms with Crippen molar-refractivity contribution in [1.29, 1.82) is 0 Å². The van der Waals surface area contributed by atoms with Crippen LogP contribution in [0, 0.1) is 0 Å². The fourth-order valence-corrected chi connectivity index (χ4v) is 2.28. The number of benzene rings is 1. The summed E-state index contributed by atoms with van der Waals surface area (Å²) >= 11 is 0. The minimum Gasteiger partial charge on any atom is -0.481 e. The highest BCUT2D eigenvalue weighted by Crippen LogP contribution is 2.23. The number of nitrogens with zero attached hydrogens (tertiary/aromatic N) is 1. The second-order valence-electron chi connectivity index (χ2n) is 3.66. The Kier molecular flexibility index (Phi) is 2.99. The van der Waals surface area contributed by atoms with Gasteiger partial charge in [-0.3, -0.25) is 0 Å². The predicted molar refractivity (Wildman–Crippen MR) is 65.1 cm³/mol. The van der Waals surface area contributed by atoms with Gasteiger partial charge in [-0.25, -0.2) is 18.5 Å². The molecule has 0 radical (unpaired) electrons. The van der Waals surface area contributed by atoms with E-state index in [0.717, 1.165) is 10.9 Å². The van der Waals surface area contributed by atoms with Crippen LogP contribution < -0.4 is 9.88 Å². The van der Waals surface area contributed by atoms with Crippen molar-refractivity contribution in [3.8, 4) is 5.88 Å². The third kappa shape index (κ3) is 2.72. The van der Waals surface area contributed by atoms with Gasteiger partial charge in [0, 0.05) is 10.9 Å². The number of hydrogen-bond donors (Lipinski definition) is 1. The van der Waals surface area contributed by atoms with Crippen LogP contribution in [-0.4, -0.2) is 20.5 Å². The lowest BCUT2D eigenvalue weighted by Gasteiger charge is -2.08. The monoisotopic (exact) mass is 252 g/mol. The van der Waals surface area contributed by atoms with E-state index in [2.05, 4.69) is 4.98 Å². The quantitative estimate of drug-likeness (QED) is 0.884. The van der Waals surface area contributed by atoms with Gasteiger partial charge in [-0.1, -0.05) is 18.2 Å². The van der Waals surface area contributed by atoms with E-state index in [4.69, 9.17) is 9.88 Å². The van der Waals surface area contributed by atoms with Crippen LogP contribution in [0.2, 0.25) is 0 Å². The Morgan fingerprint density at radius 1 is 1.35 bits per heavy atom. The number of sulfonamides is 1. The summed E-state index contributed by atoms with van der Waals surface area (Å²) in [4.78, 5) is 4.24. The number of pyridine rings is 1. The first-order valence-electron chi connectivity index (χ1n) is 4.93. The summed E-state index contributed by atoms with van der Waals surface area (Å²) in [5.41, 5.74) is 1.22. The molecular formula is C11H12N2O3S. The highest BCUT2D eigenvalue weighted by molar-refractivity contribution is 7.88. The molecule has 0 spiro atoms. The zero-order valence-corrected chi connectivity index (χ0v) is 10.1. The van der Waals surface area contributed by atoms with Crippen molar-refractivity contribution in [2.24, 2.45) is 5.14 Å². The fourth-order valence-electron chi connectivity index (χ4n) is 1.64. The minimum absolute atomic E-state index is 0.284. The van der Waals surface area contributed by atoms with Crippen LogP contribution in [0.4, 0.5) is 0 Å². The maximum absolute atomic E-state index is 11.1. The van der Waals surface area contributed by atoms with Crippen molar-refractivity contribution >= 4 is 20.9 Å². The summed E-state index contributed by atoms with van der Waals surface area (Å²) in [5, 5.41) is 5.88. The molecule has 0 aliphatic carbocycles. The molecule has 6 heteroatoms. The summed E-state index contributed by atoms with van der Waals surface area (Å²) in [6, 6.07) is 9.13. The first-order valence-corrected chi connectivity index (χ1v) is 6.64. The van der Waals surface area contributed by atoms with E-state index in [9.17, 15) is 8.42 Å². The number of para-hydroxylation sites is 1. The molecule has 0 saturated carbocycles. The van der Waals surface area contributed by atoms with E-state index < -0.39 is 10.0 Å². The molecule has 5 nitrogen and oxygen atoms in total. The largest absolute Gasteiger partial charge is 0.481 e. The molecule has 0 aliphatic rings. The van der Waals surface area contributed by atoms with Gasteiger partial charge in [0.25, 0.3) is 0 Å². The Hall–Kier alpha value is -1.66. The molecular weight excluding hydrogens is 240 g/mol. The van der Waals surface area contributed by atoms with Crippen molar-refractivity contribution in [1.82, 2.24) is 4.98 Å². The van der Waals surface area contributed by atoms with Crippen molar-refractivity contribution in [2.45, 2.75) is 5.75 Å². The zero-order chi connectivity index (χ0) is 12.5. The number of fused-ring (bicyclic) bond motifs is 1. The summed E-state index contributed by atoms with van der Waals surface area (Å²) in [6.45, 7) is 0. The molecule has 90 valence electrons. The number of hydrogen-bond acceptors (Lipinski definition) is 4. The molecule has 1 aromatic heterocycles. The second kappa shape index (κ2) is 4.31. The maximum atomic E-state index is 11.1. The smallest absolute Gasteiger partial charge is 0.217 e. The molecule has 0 aliphatic heterocycles. The van der Waals surface area contributed by atoms with Crippen LogP contribution in [-0.2, 0) is 15.8 Å². The van der Waals surface area contributed by atoms with E-state index in [0.29, 0.717) is 5.56 Å². The van der Waals surface area contributed by atoms with Gasteiger partial charge >= 0.3 is 0 Å². The van der Waals surface area contributed by atoms with Crippen molar-refractivity contribution in [3.63, 3.8) is 0 Å². The van der Waals surface area contributed by atoms with Crippen LogP contribution >= 0.6 is 0 Å². The number of primary sulfonamides is 1. The van der Waals surface area contributed by atoms with E-state index in [1.807, 2.05) is 24.3 Å². The molecule has 1 heterocycles. The standard InChI is InChI=1S/C11H12N2O3S/c1-16-11-9(7-17(12,14)15)6-8-4-2-3-5-10(8)13-11/h2-6H,7H2,1H3,(H2,12,14,15). The molecule has 2 N–H and O–H groups in total. The summed E-state index contributed by atoms with van der Waals surface area (Å²) < 4.78 is 27.3. The third-order valence-corrected chi connectivity index (χ3v) is 3.03. The molecule has 0 fully saturated rings. The highest BCUT2D eigenvalue weighted by Gasteiger charge is 2.12. The van der Waals surface area contributed by atoms with Crippen molar-refractivity contribution in [3.05, 3.63) is 35.9 Å². The lowest BCUT2D eigenvalue weighted by molar-refractivity contribution is 0.395. The van der Waals surface area contributed by atoms with Crippen LogP contribution in [0.25, 0.3) is 10.9 Å². The van der Waals surface area contributed by atoms with E-state index in [1.165, 1.54) is 7.11 Å². The first-order chi connectivity index (χ1) is 7.99. The topological polar surface area (TPSA) is 82.3 Å². The Labute approximate surface area is 99.3 Å². The minimum atomic E-state index is -3.60. The second-order valence-corrected chi connectivity index (χ2v) is 5.27. The molecule has 0 saturated heterocycles. The molecule has 0 bridgehead atoms. The number of methoxy groups -OCH3 is 1. The van der Waals surface area contributed by atoms with Crippen LogP contribution in [0.15, 0.2) is 30.3 Å². The van der Waals surface area contributed by atoms with Crippen LogP contribution in [0.3, 0.4) is 0 Å². The maximum Gasteiger partial charge on any atom is 0.217 e. The number of nitrogens with two attached hydrogens (primary N) is 1. The van der Waals surface area contributed by atoms with E-state index in [-0.39, 0.29) is 11.6 Å². The van der Waals surface area contributed by atoms with Gasteiger partial charge in [0.2, 0.25) is 15.9 Å². The normalized spacial score (nSPS) is 11.6. The van der Waals surface area contributed by atoms with Crippen molar-refractivity contribution < 1.29 is 13.2 Å². The molecule has 0 atom stereocenters. The molecule has 17 heavy (non-hydrogen) atoms. The van der Waals surface area contributed by atoms with E-state index in [1.54, 1.807) is 6.07 Å². The van der Waals surface area contributed by atoms with Crippen molar-refractivity contribution in [2.75, 3.05) is 7.11 Å². The lowest BCUT2D eigenvalue weighted by atomic mass is 10.2. The predicted octanol–water partition coefficient (Wildman–Crippen LogP) is 1.03. The van der Waals surface area contributed by atoms with Crippen LogP contribution in [0.1, 0.15) is 5.56 Å². The summed E-state index contributed by atoms with van der Waals surface area (Å²) in [5.74, 6) is 0.00584. The fraction of sp³-hybridized carbons (Fsp3) is 0.182. The molecule has 2 rings (SSSR count). The van der Waals surface area contributed by atoms with Gasteiger partial charge in [-0.15, -0.1) is 0 Å². The number of rotatable bonds is 3.